The Labute approximate surface area is 186 Å². The summed E-state index contributed by atoms with van der Waals surface area (Å²) in [6.45, 7) is 5.07. The average Bonchev–Trinajstić information content (AvgIpc) is 3.20. The van der Waals surface area contributed by atoms with Gasteiger partial charge in [0.25, 0.3) is 0 Å². The molecule has 2 aliphatic rings. The fraction of sp³-hybridized carbons (Fsp3) is 0.667. The highest BCUT2D eigenvalue weighted by atomic mass is 16.6. The number of alkyl carbamates (subject to hydrolysis) is 1. The molecule has 176 valence electrons. The third-order valence-corrected chi connectivity index (χ3v) is 4.81. The van der Waals surface area contributed by atoms with Gasteiger partial charge in [-0.25, -0.2) is 9.59 Å². The summed E-state index contributed by atoms with van der Waals surface area (Å²) in [5.41, 5.74) is -0.762. The van der Waals surface area contributed by atoms with E-state index in [2.05, 4.69) is 32.5 Å². The summed E-state index contributed by atoms with van der Waals surface area (Å²) in [6, 6.07) is -2.85. The number of hydrogen-bond acceptors (Lipinski definition) is 7. The summed E-state index contributed by atoms with van der Waals surface area (Å²) >= 11 is 0. The van der Waals surface area contributed by atoms with Gasteiger partial charge in [-0.15, -0.1) is 11.8 Å². The van der Waals surface area contributed by atoms with Gasteiger partial charge in [-0.2, -0.15) is 0 Å². The first-order chi connectivity index (χ1) is 15.0. The van der Waals surface area contributed by atoms with Crippen molar-refractivity contribution in [2.45, 2.75) is 70.2 Å². The van der Waals surface area contributed by atoms with E-state index in [1.807, 2.05) is 0 Å². The van der Waals surface area contributed by atoms with Gasteiger partial charge in [-0.05, 0) is 33.6 Å². The first kappa shape index (κ1) is 25.0. The molecule has 2 heterocycles. The zero-order valence-corrected chi connectivity index (χ0v) is 18.8. The maximum absolute atomic E-state index is 13.2. The normalized spacial score (nSPS) is 24.7. The van der Waals surface area contributed by atoms with Crippen LogP contribution in [0, 0.1) is 11.8 Å². The Balaban J connectivity index is 2.29. The quantitative estimate of drug-likeness (QED) is 0.378. The zero-order chi connectivity index (χ0) is 23.9. The molecule has 0 aromatic heterocycles. The number of amides is 4. The zero-order valence-electron chi connectivity index (χ0n) is 18.8. The maximum Gasteiger partial charge on any atom is 0.408 e. The molecule has 2 aliphatic heterocycles. The van der Waals surface area contributed by atoms with Crippen molar-refractivity contribution >= 4 is 29.8 Å². The van der Waals surface area contributed by atoms with E-state index in [0.29, 0.717) is 19.4 Å². The second kappa shape index (κ2) is 10.8. The number of nitrogens with zero attached hydrogens (tertiary/aromatic N) is 1. The third-order valence-electron chi connectivity index (χ3n) is 4.81. The van der Waals surface area contributed by atoms with Crippen LogP contribution in [0.15, 0.2) is 0 Å². The molecular formula is C21H30N4O7. The summed E-state index contributed by atoms with van der Waals surface area (Å²) in [4.78, 5) is 63.6. The van der Waals surface area contributed by atoms with Crippen LogP contribution < -0.4 is 16.0 Å². The van der Waals surface area contributed by atoms with E-state index >= 15 is 0 Å². The van der Waals surface area contributed by atoms with E-state index in [1.165, 1.54) is 12.0 Å². The lowest BCUT2D eigenvalue weighted by atomic mass is 10.1. The number of hydrogen-bond donors (Lipinski definition) is 3. The van der Waals surface area contributed by atoms with Crippen molar-refractivity contribution in [3.8, 4) is 11.8 Å². The molecule has 0 spiro atoms. The van der Waals surface area contributed by atoms with Crippen LogP contribution in [0.4, 0.5) is 4.79 Å². The van der Waals surface area contributed by atoms with Gasteiger partial charge in [-0.1, -0.05) is 0 Å². The fourth-order valence-corrected chi connectivity index (χ4v) is 3.37. The first-order valence-corrected chi connectivity index (χ1v) is 10.4. The molecule has 0 aromatic carbocycles. The van der Waals surface area contributed by atoms with Gasteiger partial charge in [0.05, 0.1) is 13.7 Å². The molecule has 3 N–H and O–H groups in total. The molecule has 1 saturated heterocycles. The van der Waals surface area contributed by atoms with Gasteiger partial charge < -0.3 is 30.3 Å². The van der Waals surface area contributed by atoms with E-state index in [1.54, 1.807) is 20.8 Å². The monoisotopic (exact) mass is 450 g/mol. The maximum atomic E-state index is 13.2. The van der Waals surface area contributed by atoms with Crippen LogP contribution in [0.1, 0.15) is 46.5 Å². The second-order valence-corrected chi connectivity index (χ2v) is 8.51. The minimum Gasteiger partial charge on any atom is -0.467 e. The lowest BCUT2D eigenvalue weighted by Gasteiger charge is -2.29. The molecule has 2 rings (SSSR count). The number of esters is 1. The Bertz CT molecular complexity index is 824. The van der Waals surface area contributed by atoms with Gasteiger partial charge in [-0.3, -0.25) is 14.4 Å². The predicted octanol–water partition coefficient (Wildman–Crippen LogP) is -0.558. The van der Waals surface area contributed by atoms with Gasteiger partial charge in [0.15, 0.2) is 0 Å². The molecule has 0 radical (unpaired) electrons. The number of methoxy groups -OCH3 is 1. The van der Waals surface area contributed by atoms with Crippen LogP contribution in [0.3, 0.4) is 0 Å². The van der Waals surface area contributed by atoms with E-state index in [0.717, 1.165) is 0 Å². The van der Waals surface area contributed by atoms with Crippen molar-refractivity contribution in [3.05, 3.63) is 0 Å². The molecular weight excluding hydrogens is 420 g/mol. The highest BCUT2D eigenvalue weighted by molar-refractivity contribution is 5.94. The van der Waals surface area contributed by atoms with Crippen molar-refractivity contribution in [3.63, 3.8) is 0 Å². The lowest BCUT2D eigenvalue weighted by molar-refractivity contribution is -0.145. The van der Waals surface area contributed by atoms with Crippen molar-refractivity contribution < 1.29 is 33.4 Å². The Morgan fingerprint density at radius 1 is 1.16 bits per heavy atom. The van der Waals surface area contributed by atoms with E-state index in [-0.39, 0.29) is 19.4 Å². The number of rotatable bonds is 2. The highest BCUT2D eigenvalue weighted by Gasteiger charge is 2.38. The second-order valence-electron chi connectivity index (χ2n) is 8.51. The molecule has 0 bridgehead atoms. The smallest absolute Gasteiger partial charge is 0.408 e. The molecule has 1 fully saturated rings. The van der Waals surface area contributed by atoms with Crippen LogP contribution in [0.5, 0.6) is 0 Å². The van der Waals surface area contributed by atoms with E-state index in [4.69, 9.17) is 4.74 Å². The summed E-state index contributed by atoms with van der Waals surface area (Å²) in [5.74, 6) is 3.31. The van der Waals surface area contributed by atoms with Crippen molar-refractivity contribution in [1.29, 1.82) is 0 Å². The molecule has 0 saturated carbocycles. The molecule has 0 aromatic rings. The molecule has 11 heteroatoms. The first-order valence-electron chi connectivity index (χ1n) is 10.4. The lowest BCUT2D eigenvalue weighted by Crippen LogP contribution is -2.55. The SMILES string of the molecule is COC(=O)[C@@H]1CC#CC[C@H](NC(=O)OC(C)(C)C)C(=O)N2CCC[C@H]2C(=O)NCC(=O)N1. The summed E-state index contributed by atoms with van der Waals surface area (Å²) in [7, 11) is 1.18. The van der Waals surface area contributed by atoms with Crippen molar-refractivity contribution in [2.75, 3.05) is 20.2 Å². The summed E-state index contributed by atoms with van der Waals surface area (Å²) in [6.07, 6.45) is 0.121. The van der Waals surface area contributed by atoms with Gasteiger partial charge in [0, 0.05) is 19.4 Å². The van der Waals surface area contributed by atoms with Gasteiger partial charge in [0.2, 0.25) is 17.7 Å². The minimum absolute atomic E-state index is 0.0634. The average molecular weight is 450 g/mol. The van der Waals surface area contributed by atoms with Crippen LogP contribution in [0.25, 0.3) is 0 Å². The minimum atomic E-state index is -1.04. The van der Waals surface area contributed by atoms with Crippen LogP contribution in [-0.4, -0.2) is 78.6 Å². The Kier molecular flexibility index (Phi) is 8.46. The number of fused-ring (bicyclic) bond motifs is 1. The largest absolute Gasteiger partial charge is 0.467 e. The molecule has 11 nitrogen and oxygen atoms in total. The number of ether oxygens (including phenoxy) is 2. The van der Waals surface area contributed by atoms with Crippen molar-refractivity contribution in [2.24, 2.45) is 0 Å². The number of carbonyl (C=O) groups excluding carboxylic acids is 5. The highest BCUT2D eigenvalue weighted by Crippen LogP contribution is 2.19. The topological polar surface area (TPSA) is 143 Å². The van der Waals surface area contributed by atoms with Gasteiger partial charge in [0.1, 0.15) is 23.7 Å². The fourth-order valence-electron chi connectivity index (χ4n) is 3.37. The van der Waals surface area contributed by atoms with Crippen LogP contribution in [-0.2, 0) is 28.7 Å². The molecule has 3 atom stereocenters. The Morgan fingerprint density at radius 3 is 2.50 bits per heavy atom. The molecule has 32 heavy (non-hydrogen) atoms. The molecule has 0 aliphatic carbocycles. The van der Waals surface area contributed by atoms with Crippen molar-refractivity contribution in [1.82, 2.24) is 20.9 Å². The van der Waals surface area contributed by atoms with E-state index < -0.39 is 53.5 Å². The predicted molar refractivity (Wildman–Crippen MR) is 112 cm³/mol. The van der Waals surface area contributed by atoms with E-state index in [9.17, 15) is 24.0 Å². The standard InChI is InChI=1S/C21H30N4O7/c1-21(2,3)32-20(30)24-13-8-5-6-9-14(19(29)31-4)23-16(26)12-22-17(27)15-10-7-11-25(15)18(13)28/h13-15H,7-12H2,1-4H3,(H,22,27)(H,23,26)(H,24,30)/t13-,14-,15-/m0/s1. The number of nitrogens with one attached hydrogen (secondary N) is 3. The van der Waals surface area contributed by atoms with Gasteiger partial charge >= 0.3 is 12.1 Å². The summed E-state index contributed by atoms with van der Waals surface area (Å²) in [5, 5.41) is 7.51. The number of carbonyl (C=O) groups is 5. The molecule has 0 unspecified atom stereocenters. The summed E-state index contributed by atoms with van der Waals surface area (Å²) < 4.78 is 9.93. The van der Waals surface area contributed by atoms with Crippen LogP contribution >= 0.6 is 0 Å². The van der Waals surface area contributed by atoms with Crippen LogP contribution in [0.2, 0.25) is 0 Å². The third kappa shape index (κ3) is 7.14. The molecule has 4 amide bonds. The Hall–Kier alpha value is -3.29. The Morgan fingerprint density at radius 2 is 1.84 bits per heavy atom.